The van der Waals surface area contributed by atoms with Crippen molar-refractivity contribution in [3.8, 4) is 11.3 Å². The third-order valence-electron chi connectivity index (χ3n) is 4.50. The van der Waals surface area contributed by atoms with E-state index in [0.717, 1.165) is 18.4 Å². The van der Waals surface area contributed by atoms with Crippen LogP contribution in [0.3, 0.4) is 0 Å². The zero-order chi connectivity index (χ0) is 21.9. The van der Waals surface area contributed by atoms with E-state index in [4.69, 9.17) is 21.4 Å². The molecule has 0 bridgehead atoms. The van der Waals surface area contributed by atoms with E-state index < -0.39 is 0 Å². The Morgan fingerprint density at radius 3 is 2.50 bits per heavy atom. The summed E-state index contributed by atoms with van der Waals surface area (Å²) in [4.78, 5) is 26.9. The number of furan rings is 1. The van der Waals surface area contributed by atoms with Crippen LogP contribution in [0.1, 0.15) is 56.7 Å². The van der Waals surface area contributed by atoms with Crippen LogP contribution >= 0.6 is 24.0 Å². The summed E-state index contributed by atoms with van der Waals surface area (Å²) >= 11 is 6.65. The van der Waals surface area contributed by atoms with Crippen LogP contribution in [0.15, 0.2) is 45.7 Å². The number of unbranched alkanes of at least 4 members (excludes halogenated alkanes) is 1. The summed E-state index contributed by atoms with van der Waals surface area (Å²) < 4.78 is 11.7. The van der Waals surface area contributed by atoms with Gasteiger partial charge in [-0.05, 0) is 51.5 Å². The number of carbonyl (C=O) groups excluding carboxylic acids is 2. The van der Waals surface area contributed by atoms with Crippen molar-refractivity contribution in [1.82, 2.24) is 4.90 Å². The summed E-state index contributed by atoms with van der Waals surface area (Å²) in [5, 5.41) is 0. The fourth-order valence-electron chi connectivity index (χ4n) is 2.92. The Morgan fingerprint density at radius 1 is 1.20 bits per heavy atom. The molecule has 3 rings (SSSR count). The first-order valence-electron chi connectivity index (χ1n) is 9.86. The molecule has 0 N–H and O–H groups in total. The van der Waals surface area contributed by atoms with Crippen molar-refractivity contribution in [2.45, 2.75) is 46.1 Å². The molecule has 158 valence electrons. The second-order valence-electron chi connectivity index (χ2n) is 7.96. The molecule has 2 aromatic rings. The predicted octanol–water partition coefficient (Wildman–Crippen LogP) is 5.90. The molecule has 1 aliphatic heterocycles. The van der Waals surface area contributed by atoms with Crippen LogP contribution in [0.2, 0.25) is 0 Å². The van der Waals surface area contributed by atoms with Gasteiger partial charge in [-0.25, -0.2) is 4.79 Å². The van der Waals surface area contributed by atoms with Crippen molar-refractivity contribution < 1.29 is 18.7 Å². The van der Waals surface area contributed by atoms with E-state index >= 15 is 0 Å². The quantitative estimate of drug-likeness (QED) is 0.240. The molecule has 5 nitrogen and oxygen atoms in total. The number of benzene rings is 1. The molecule has 1 saturated heterocycles. The van der Waals surface area contributed by atoms with E-state index in [1.165, 1.54) is 11.8 Å². The van der Waals surface area contributed by atoms with Gasteiger partial charge < -0.3 is 9.15 Å². The first-order valence-corrected chi connectivity index (χ1v) is 11.1. The molecular weight excluding hydrogens is 418 g/mol. The van der Waals surface area contributed by atoms with E-state index in [1.807, 2.05) is 52.0 Å². The topological polar surface area (TPSA) is 59.8 Å². The summed E-state index contributed by atoms with van der Waals surface area (Å²) in [6.45, 7) is 8.34. The van der Waals surface area contributed by atoms with E-state index in [-0.39, 0.29) is 17.4 Å². The Bertz CT molecular complexity index is 983. The number of carbonyl (C=O) groups is 2. The average molecular weight is 444 g/mol. The number of nitrogens with zero attached hydrogens (tertiary/aromatic N) is 1. The van der Waals surface area contributed by atoms with Gasteiger partial charge in [0, 0.05) is 17.2 Å². The monoisotopic (exact) mass is 443 g/mol. The maximum absolute atomic E-state index is 12.7. The molecule has 1 aliphatic rings. The van der Waals surface area contributed by atoms with E-state index in [0.29, 0.717) is 32.9 Å². The van der Waals surface area contributed by atoms with Gasteiger partial charge in [0.1, 0.15) is 15.8 Å². The summed E-state index contributed by atoms with van der Waals surface area (Å²) in [6, 6.07) is 10.7. The minimum atomic E-state index is -0.371. The molecule has 0 saturated carbocycles. The first-order chi connectivity index (χ1) is 14.2. The highest BCUT2D eigenvalue weighted by Crippen LogP contribution is 2.37. The minimum absolute atomic E-state index is 0.110. The van der Waals surface area contributed by atoms with E-state index in [2.05, 4.69) is 0 Å². The lowest BCUT2D eigenvalue weighted by atomic mass is 10.1. The van der Waals surface area contributed by atoms with Gasteiger partial charge in [-0.1, -0.05) is 49.5 Å². The minimum Gasteiger partial charge on any atom is -0.462 e. The third kappa shape index (κ3) is 5.02. The van der Waals surface area contributed by atoms with Crippen LogP contribution in [-0.2, 0) is 9.53 Å². The molecule has 1 aromatic carbocycles. The second-order valence-corrected chi connectivity index (χ2v) is 9.63. The van der Waals surface area contributed by atoms with Crippen molar-refractivity contribution in [1.29, 1.82) is 0 Å². The Hall–Kier alpha value is -2.38. The molecule has 0 unspecified atom stereocenters. The predicted molar refractivity (Wildman–Crippen MR) is 124 cm³/mol. The molecule has 1 fully saturated rings. The summed E-state index contributed by atoms with van der Waals surface area (Å²) in [5.41, 5.74) is 0.972. The zero-order valence-electron chi connectivity index (χ0n) is 17.6. The fourth-order valence-corrected chi connectivity index (χ4v) is 4.54. The smallest absolute Gasteiger partial charge is 0.338 e. The van der Waals surface area contributed by atoms with Crippen LogP contribution in [0.25, 0.3) is 17.4 Å². The lowest BCUT2D eigenvalue weighted by molar-refractivity contribution is -0.125. The lowest BCUT2D eigenvalue weighted by Crippen LogP contribution is -2.44. The molecule has 1 aromatic heterocycles. The van der Waals surface area contributed by atoms with Gasteiger partial charge in [0.2, 0.25) is 0 Å². The highest BCUT2D eigenvalue weighted by molar-refractivity contribution is 8.26. The Kier molecular flexibility index (Phi) is 6.83. The van der Waals surface area contributed by atoms with Gasteiger partial charge in [0.25, 0.3) is 5.91 Å². The summed E-state index contributed by atoms with van der Waals surface area (Å²) in [5.74, 6) is 0.790. The number of amides is 1. The number of rotatable bonds is 6. The maximum Gasteiger partial charge on any atom is 0.338 e. The van der Waals surface area contributed by atoms with Gasteiger partial charge in [-0.15, -0.1) is 0 Å². The van der Waals surface area contributed by atoms with Crippen LogP contribution in [0.4, 0.5) is 0 Å². The lowest BCUT2D eigenvalue weighted by Gasteiger charge is -2.30. The van der Waals surface area contributed by atoms with Crippen molar-refractivity contribution in [3.63, 3.8) is 0 Å². The number of ether oxygens (including phenoxy) is 1. The SMILES string of the molecule is CCCCOC(=O)c1ccc(-c2ccc(/C=C3/SC(=S)N(C(C)(C)C)C3=O)o2)cc1. The molecule has 1 amide bonds. The normalized spacial score (nSPS) is 15.9. The fraction of sp³-hybridized carbons (Fsp3) is 0.348. The highest BCUT2D eigenvalue weighted by Gasteiger charge is 2.39. The van der Waals surface area contributed by atoms with Crippen LogP contribution < -0.4 is 0 Å². The maximum atomic E-state index is 12.7. The van der Waals surface area contributed by atoms with Crippen molar-refractivity contribution in [3.05, 3.63) is 52.6 Å². The Morgan fingerprint density at radius 2 is 1.90 bits per heavy atom. The van der Waals surface area contributed by atoms with E-state index in [1.54, 1.807) is 23.1 Å². The molecule has 7 heteroatoms. The van der Waals surface area contributed by atoms with Crippen molar-refractivity contribution in [2.24, 2.45) is 0 Å². The number of thiocarbonyl (C=S) groups is 1. The van der Waals surface area contributed by atoms with Crippen molar-refractivity contribution >= 4 is 46.3 Å². The van der Waals surface area contributed by atoms with Gasteiger partial charge in [-0.3, -0.25) is 9.69 Å². The van der Waals surface area contributed by atoms with Gasteiger partial charge in [0.05, 0.1) is 17.1 Å². The van der Waals surface area contributed by atoms with Gasteiger partial charge in [0.15, 0.2) is 0 Å². The standard InChI is InChI=1S/C23H25NO4S2/c1-5-6-13-27-21(26)16-9-7-15(8-10-16)18-12-11-17(28-18)14-19-20(25)24(22(29)30-19)23(2,3)4/h7-12,14H,5-6,13H2,1-4H3/b19-14+. The Labute approximate surface area is 186 Å². The number of esters is 1. The molecule has 2 heterocycles. The summed E-state index contributed by atoms with van der Waals surface area (Å²) in [6.07, 6.45) is 3.55. The third-order valence-corrected chi connectivity index (χ3v) is 5.80. The largest absolute Gasteiger partial charge is 0.462 e. The second kappa shape index (κ2) is 9.18. The molecule has 0 atom stereocenters. The van der Waals surface area contributed by atoms with Crippen LogP contribution in [0.5, 0.6) is 0 Å². The number of thioether (sulfide) groups is 1. The summed E-state index contributed by atoms with van der Waals surface area (Å²) in [7, 11) is 0. The average Bonchev–Trinajstić information content (AvgIpc) is 3.26. The first kappa shape index (κ1) is 22.3. The molecular formula is C23H25NO4S2. The zero-order valence-corrected chi connectivity index (χ0v) is 19.2. The molecule has 0 aliphatic carbocycles. The van der Waals surface area contributed by atoms with Gasteiger partial charge in [-0.2, -0.15) is 0 Å². The Balaban J connectivity index is 1.72. The van der Waals surface area contributed by atoms with Gasteiger partial charge >= 0.3 is 5.97 Å². The molecule has 30 heavy (non-hydrogen) atoms. The van der Waals surface area contributed by atoms with Crippen LogP contribution in [0, 0.1) is 0 Å². The molecule has 0 radical (unpaired) electrons. The van der Waals surface area contributed by atoms with E-state index in [9.17, 15) is 9.59 Å². The number of hydrogen-bond acceptors (Lipinski definition) is 6. The number of hydrogen-bond donors (Lipinski definition) is 0. The van der Waals surface area contributed by atoms with Crippen LogP contribution in [-0.4, -0.2) is 33.2 Å². The molecule has 0 spiro atoms. The van der Waals surface area contributed by atoms with Crippen molar-refractivity contribution in [2.75, 3.05) is 6.61 Å². The highest BCUT2D eigenvalue weighted by atomic mass is 32.2.